The summed E-state index contributed by atoms with van der Waals surface area (Å²) in [5.74, 6) is 0.0616. The van der Waals surface area contributed by atoms with Crippen LogP contribution in [-0.4, -0.2) is 62.1 Å². The van der Waals surface area contributed by atoms with Gasteiger partial charge >= 0.3 is 0 Å². The zero-order valence-electron chi connectivity index (χ0n) is 15.1. The Morgan fingerprint density at radius 2 is 1.85 bits per heavy atom. The molecule has 138 valence electrons. The Bertz CT molecular complexity index is 881. The third kappa shape index (κ3) is 4.20. The molecule has 27 heavy (non-hydrogen) atoms. The highest BCUT2D eigenvalue weighted by Crippen LogP contribution is 2.14. The molecular formula is C20H22N6O. The molecule has 1 saturated heterocycles. The summed E-state index contributed by atoms with van der Waals surface area (Å²) in [6, 6.07) is 17.9. The van der Waals surface area contributed by atoms with Gasteiger partial charge in [0.15, 0.2) is 0 Å². The topological polar surface area (TPSA) is 67.2 Å². The van der Waals surface area contributed by atoms with Crippen LogP contribution in [0.3, 0.4) is 0 Å². The average molecular weight is 362 g/mol. The highest BCUT2D eigenvalue weighted by Gasteiger charge is 2.20. The second-order valence-corrected chi connectivity index (χ2v) is 6.71. The lowest BCUT2D eigenvalue weighted by Gasteiger charge is -2.22. The van der Waals surface area contributed by atoms with Crippen molar-refractivity contribution >= 4 is 5.91 Å². The summed E-state index contributed by atoms with van der Waals surface area (Å²) in [4.78, 5) is 17.4. The molecule has 3 aromatic rings. The van der Waals surface area contributed by atoms with E-state index in [1.165, 1.54) is 11.9 Å². The molecule has 0 atom stereocenters. The SMILES string of the molecule is O=C(c1cccc(-n2cnnn2)c1)N1CCCN(Cc2ccccc2)CC1. The summed E-state index contributed by atoms with van der Waals surface area (Å²) < 4.78 is 1.56. The molecule has 7 heteroatoms. The van der Waals surface area contributed by atoms with Gasteiger partial charge in [0.2, 0.25) is 0 Å². The Balaban J connectivity index is 1.42. The lowest BCUT2D eigenvalue weighted by Crippen LogP contribution is -2.35. The van der Waals surface area contributed by atoms with Gasteiger partial charge in [-0.1, -0.05) is 36.4 Å². The van der Waals surface area contributed by atoms with Gasteiger partial charge in [-0.15, -0.1) is 5.10 Å². The second kappa shape index (κ2) is 8.09. The van der Waals surface area contributed by atoms with E-state index in [4.69, 9.17) is 0 Å². The number of benzene rings is 2. The van der Waals surface area contributed by atoms with Crippen molar-refractivity contribution in [2.75, 3.05) is 26.2 Å². The number of hydrogen-bond acceptors (Lipinski definition) is 5. The Morgan fingerprint density at radius 3 is 2.67 bits per heavy atom. The Labute approximate surface area is 158 Å². The van der Waals surface area contributed by atoms with E-state index in [-0.39, 0.29) is 5.91 Å². The van der Waals surface area contributed by atoms with Crippen LogP contribution in [0.4, 0.5) is 0 Å². The molecule has 1 aromatic heterocycles. The van der Waals surface area contributed by atoms with Crippen LogP contribution < -0.4 is 0 Å². The van der Waals surface area contributed by atoms with Gasteiger partial charge in [0.1, 0.15) is 6.33 Å². The number of aromatic nitrogens is 4. The van der Waals surface area contributed by atoms with E-state index >= 15 is 0 Å². The van der Waals surface area contributed by atoms with Crippen molar-refractivity contribution in [1.82, 2.24) is 30.0 Å². The van der Waals surface area contributed by atoms with Crippen molar-refractivity contribution in [2.45, 2.75) is 13.0 Å². The molecule has 1 aliphatic heterocycles. The molecule has 0 radical (unpaired) electrons. The van der Waals surface area contributed by atoms with Crippen LogP contribution in [0.2, 0.25) is 0 Å². The van der Waals surface area contributed by atoms with Crippen LogP contribution in [0.5, 0.6) is 0 Å². The van der Waals surface area contributed by atoms with Gasteiger partial charge in [-0.25, -0.2) is 4.68 Å². The van der Waals surface area contributed by atoms with E-state index in [0.29, 0.717) is 5.56 Å². The molecule has 0 saturated carbocycles. The maximum atomic E-state index is 13.0. The fraction of sp³-hybridized carbons (Fsp3) is 0.300. The quantitative estimate of drug-likeness (QED) is 0.710. The summed E-state index contributed by atoms with van der Waals surface area (Å²) >= 11 is 0. The van der Waals surface area contributed by atoms with Gasteiger partial charge in [-0.3, -0.25) is 9.69 Å². The molecule has 0 unspecified atom stereocenters. The van der Waals surface area contributed by atoms with Crippen molar-refractivity contribution in [3.8, 4) is 5.69 Å². The predicted molar refractivity (Wildman–Crippen MR) is 101 cm³/mol. The minimum Gasteiger partial charge on any atom is -0.337 e. The van der Waals surface area contributed by atoms with Crippen molar-refractivity contribution in [3.05, 3.63) is 72.1 Å². The van der Waals surface area contributed by atoms with Crippen LogP contribution in [0, 0.1) is 0 Å². The number of tetrazole rings is 1. The monoisotopic (exact) mass is 362 g/mol. The molecule has 1 amide bonds. The number of hydrogen-bond donors (Lipinski definition) is 0. The molecule has 0 bridgehead atoms. The molecular weight excluding hydrogens is 340 g/mol. The molecule has 7 nitrogen and oxygen atoms in total. The minimum atomic E-state index is 0.0616. The van der Waals surface area contributed by atoms with Crippen LogP contribution in [0.1, 0.15) is 22.3 Å². The minimum absolute atomic E-state index is 0.0616. The standard InChI is InChI=1S/C20H22N6O/c27-20(18-8-4-9-19(14-18)26-16-21-22-23-26)25-11-5-10-24(12-13-25)15-17-6-2-1-3-7-17/h1-4,6-9,14,16H,5,10-13,15H2. The van der Waals surface area contributed by atoms with Crippen molar-refractivity contribution in [2.24, 2.45) is 0 Å². The molecule has 2 heterocycles. The fourth-order valence-electron chi connectivity index (χ4n) is 3.42. The number of nitrogens with zero attached hydrogens (tertiary/aromatic N) is 6. The zero-order valence-corrected chi connectivity index (χ0v) is 15.1. The molecule has 2 aromatic carbocycles. The van der Waals surface area contributed by atoms with Crippen LogP contribution in [0.15, 0.2) is 60.9 Å². The number of rotatable bonds is 4. The highest BCUT2D eigenvalue weighted by molar-refractivity contribution is 5.94. The third-order valence-corrected chi connectivity index (χ3v) is 4.83. The maximum Gasteiger partial charge on any atom is 0.253 e. The number of carbonyl (C=O) groups is 1. The van der Waals surface area contributed by atoms with Gasteiger partial charge in [0, 0.05) is 38.3 Å². The smallest absolute Gasteiger partial charge is 0.253 e. The first-order chi connectivity index (χ1) is 13.3. The molecule has 0 spiro atoms. The Morgan fingerprint density at radius 1 is 0.963 bits per heavy atom. The molecule has 0 N–H and O–H groups in total. The zero-order chi connectivity index (χ0) is 18.5. The number of amides is 1. The van der Waals surface area contributed by atoms with Gasteiger partial charge in [-0.05, 0) is 40.6 Å². The van der Waals surface area contributed by atoms with Crippen LogP contribution in [0.25, 0.3) is 5.69 Å². The largest absolute Gasteiger partial charge is 0.337 e. The molecule has 1 aliphatic rings. The summed E-state index contributed by atoms with van der Waals surface area (Å²) in [5, 5.41) is 11.2. The molecule has 1 fully saturated rings. The molecule has 4 rings (SSSR count). The van der Waals surface area contributed by atoms with Crippen LogP contribution >= 0.6 is 0 Å². The van der Waals surface area contributed by atoms with Gasteiger partial charge in [0.05, 0.1) is 5.69 Å². The molecule has 0 aliphatic carbocycles. The van der Waals surface area contributed by atoms with E-state index in [2.05, 4.69) is 44.7 Å². The first-order valence-electron chi connectivity index (χ1n) is 9.18. The highest BCUT2D eigenvalue weighted by atomic mass is 16.2. The van der Waals surface area contributed by atoms with Crippen molar-refractivity contribution in [1.29, 1.82) is 0 Å². The number of carbonyl (C=O) groups excluding carboxylic acids is 1. The van der Waals surface area contributed by atoms with Gasteiger partial charge in [0.25, 0.3) is 5.91 Å². The van der Waals surface area contributed by atoms with E-state index in [0.717, 1.165) is 44.8 Å². The van der Waals surface area contributed by atoms with E-state index in [1.54, 1.807) is 4.68 Å². The Hall–Kier alpha value is -3.06. The lowest BCUT2D eigenvalue weighted by atomic mass is 10.1. The van der Waals surface area contributed by atoms with Gasteiger partial charge in [-0.2, -0.15) is 0 Å². The normalized spacial score (nSPS) is 15.5. The summed E-state index contributed by atoms with van der Waals surface area (Å²) in [5.41, 5.74) is 2.76. The maximum absolute atomic E-state index is 13.0. The van der Waals surface area contributed by atoms with Gasteiger partial charge < -0.3 is 4.90 Å². The van der Waals surface area contributed by atoms with E-state index in [1.807, 2.05) is 35.2 Å². The summed E-state index contributed by atoms with van der Waals surface area (Å²) in [6.45, 7) is 4.33. The van der Waals surface area contributed by atoms with Crippen molar-refractivity contribution in [3.63, 3.8) is 0 Å². The predicted octanol–water partition coefficient (Wildman–Crippen LogP) is 2.01. The van der Waals surface area contributed by atoms with Crippen LogP contribution in [-0.2, 0) is 6.54 Å². The second-order valence-electron chi connectivity index (χ2n) is 6.71. The van der Waals surface area contributed by atoms with E-state index < -0.39 is 0 Å². The fourth-order valence-corrected chi connectivity index (χ4v) is 3.42. The van der Waals surface area contributed by atoms with E-state index in [9.17, 15) is 4.79 Å². The average Bonchev–Trinajstić information content (AvgIpc) is 3.16. The first-order valence-corrected chi connectivity index (χ1v) is 9.18. The summed E-state index contributed by atoms with van der Waals surface area (Å²) in [7, 11) is 0. The third-order valence-electron chi connectivity index (χ3n) is 4.83. The first kappa shape index (κ1) is 17.4. The lowest BCUT2D eigenvalue weighted by molar-refractivity contribution is 0.0761. The van der Waals surface area contributed by atoms with Crippen molar-refractivity contribution < 1.29 is 4.79 Å². The Kier molecular flexibility index (Phi) is 5.20. The summed E-state index contributed by atoms with van der Waals surface area (Å²) in [6.07, 6.45) is 2.50.